The maximum Gasteiger partial charge on any atom is 0.269 e. The number of likely N-dealkylation sites (N-methyl/N-ethyl adjacent to an activating group) is 1. The zero-order valence-electron chi connectivity index (χ0n) is 18.0. The molecule has 1 amide bonds. The largest absolute Gasteiger partial charge is 0.497 e. The maximum atomic E-state index is 14.0. The van der Waals surface area contributed by atoms with Gasteiger partial charge in [0, 0.05) is 35.8 Å². The van der Waals surface area contributed by atoms with Crippen LogP contribution in [0, 0.1) is 16.0 Å². The minimum Gasteiger partial charge on any atom is -0.497 e. The Hall–Kier alpha value is -3.56. The summed E-state index contributed by atoms with van der Waals surface area (Å²) in [4.78, 5) is 41.0. The smallest absolute Gasteiger partial charge is 0.269 e. The van der Waals surface area contributed by atoms with Gasteiger partial charge in [-0.15, -0.1) is 11.3 Å². The molecule has 3 atom stereocenters. The van der Waals surface area contributed by atoms with Crippen LogP contribution < -0.4 is 10.1 Å². The van der Waals surface area contributed by atoms with Crippen molar-refractivity contribution < 1.29 is 19.2 Å². The quantitative estimate of drug-likeness (QED) is 0.348. The Morgan fingerprint density at radius 2 is 2.06 bits per heavy atom. The van der Waals surface area contributed by atoms with Crippen molar-refractivity contribution in [2.45, 2.75) is 11.5 Å². The van der Waals surface area contributed by atoms with E-state index in [1.807, 2.05) is 17.3 Å². The monoisotopic (exact) mass is 463 g/mol. The number of carbonyl (C=O) groups is 2. The lowest BCUT2D eigenvalue weighted by Crippen LogP contribution is -2.51. The number of rotatable bonds is 5. The zero-order valence-corrected chi connectivity index (χ0v) is 18.8. The van der Waals surface area contributed by atoms with Crippen LogP contribution in [0.1, 0.15) is 26.7 Å². The summed E-state index contributed by atoms with van der Waals surface area (Å²) in [6.45, 7) is 0.382. The molecule has 3 heterocycles. The highest BCUT2D eigenvalue weighted by atomic mass is 32.1. The molecule has 1 N–H and O–H groups in total. The van der Waals surface area contributed by atoms with Crippen LogP contribution >= 0.6 is 11.3 Å². The van der Waals surface area contributed by atoms with Gasteiger partial charge in [-0.05, 0) is 42.3 Å². The molecule has 3 aromatic rings. The molecule has 2 aliphatic heterocycles. The van der Waals surface area contributed by atoms with E-state index < -0.39 is 22.3 Å². The normalized spacial score (nSPS) is 24.0. The number of benzene rings is 2. The first kappa shape index (κ1) is 21.3. The number of thiophene rings is 1. The summed E-state index contributed by atoms with van der Waals surface area (Å²) >= 11 is 1.32. The van der Waals surface area contributed by atoms with Crippen LogP contribution in [0.3, 0.4) is 0 Å². The number of nitro groups is 1. The average molecular weight is 464 g/mol. The predicted molar refractivity (Wildman–Crippen MR) is 124 cm³/mol. The zero-order chi connectivity index (χ0) is 23.3. The van der Waals surface area contributed by atoms with E-state index in [0.717, 1.165) is 0 Å². The van der Waals surface area contributed by atoms with Gasteiger partial charge in [0.25, 0.3) is 5.69 Å². The first-order valence-electron chi connectivity index (χ1n) is 10.4. The third-order valence-electron chi connectivity index (χ3n) is 6.71. The van der Waals surface area contributed by atoms with Gasteiger partial charge in [-0.25, -0.2) is 0 Å². The number of ether oxygens (including phenoxy) is 1. The molecule has 0 aliphatic carbocycles. The summed E-state index contributed by atoms with van der Waals surface area (Å²) in [5.74, 6) is -1.06. The summed E-state index contributed by atoms with van der Waals surface area (Å²) in [6.07, 6.45) is 0. The fraction of sp³-hybridized carbons (Fsp3) is 0.250. The summed E-state index contributed by atoms with van der Waals surface area (Å²) in [7, 11) is 3.37. The van der Waals surface area contributed by atoms with E-state index in [-0.39, 0.29) is 17.4 Å². The fourth-order valence-electron chi connectivity index (χ4n) is 5.29. The number of non-ortho nitro benzene ring substituents is 1. The number of ketones is 1. The van der Waals surface area contributed by atoms with Gasteiger partial charge in [-0.3, -0.25) is 24.6 Å². The third-order valence-corrected chi connectivity index (χ3v) is 7.60. The number of fused-ring (bicyclic) bond motifs is 2. The van der Waals surface area contributed by atoms with Crippen LogP contribution in [-0.2, 0) is 10.3 Å². The van der Waals surface area contributed by atoms with E-state index in [4.69, 9.17) is 4.74 Å². The molecule has 1 spiro atoms. The Morgan fingerprint density at radius 3 is 2.76 bits per heavy atom. The van der Waals surface area contributed by atoms with Crippen molar-refractivity contribution in [1.29, 1.82) is 0 Å². The lowest BCUT2D eigenvalue weighted by molar-refractivity contribution is -0.384. The van der Waals surface area contributed by atoms with E-state index in [2.05, 4.69) is 5.32 Å². The standard InChI is InChI=1S/C24H21N3O5S/c1-26-13-17(14-5-3-6-15(11-14)27(30)31)21(22(28)20-7-4-10-33-20)24(26)18-12-16(32-2)8-9-19(18)25-23(24)29/h3-12,17,21H,13H2,1-2H3,(H,25,29)/t17-,21+,24-/m1/s1. The van der Waals surface area contributed by atoms with Crippen LogP contribution in [0.5, 0.6) is 5.75 Å². The van der Waals surface area contributed by atoms with Crippen molar-refractivity contribution in [3.63, 3.8) is 0 Å². The Balaban J connectivity index is 1.74. The lowest BCUT2D eigenvalue weighted by Gasteiger charge is -2.35. The number of Topliss-reactive ketones (excluding diaryl/α,β-unsaturated/α-hetero) is 1. The second kappa shape index (κ2) is 7.79. The Labute approximate surface area is 193 Å². The first-order chi connectivity index (χ1) is 15.9. The maximum absolute atomic E-state index is 14.0. The SMILES string of the molecule is COc1ccc2c(c1)[C@]1(C(=O)N2)[C@H](C(=O)c2cccs2)[C@@H](c2cccc([N+](=O)[O-])c2)CN1C. The molecule has 5 rings (SSSR count). The number of nitro benzene ring substituents is 1. The van der Waals surface area contributed by atoms with Crippen molar-refractivity contribution in [2.75, 3.05) is 26.0 Å². The number of nitrogens with one attached hydrogen (secondary N) is 1. The molecule has 0 unspecified atom stereocenters. The fourth-order valence-corrected chi connectivity index (χ4v) is 5.99. The van der Waals surface area contributed by atoms with Gasteiger partial charge in [-0.1, -0.05) is 18.2 Å². The van der Waals surface area contributed by atoms with Crippen molar-refractivity contribution >= 4 is 34.4 Å². The summed E-state index contributed by atoms with van der Waals surface area (Å²) in [5.41, 5.74) is 0.664. The number of amides is 1. The molecule has 2 aromatic carbocycles. The number of carbonyl (C=O) groups excluding carboxylic acids is 2. The Kier molecular flexibility index (Phi) is 5.02. The molecule has 168 valence electrons. The number of methoxy groups -OCH3 is 1. The molecular formula is C24H21N3O5S. The molecule has 1 aromatic heterocycles. The third kappa shape index (κ3) is 3.07. The van der Waals surface area contributed by atoms with Gasteiger partial charge in [0.15, 0.2) is 5.78 Å². The first-order valence-corrected chi connectivity index (χ1v) is 11.3. The van der Waals surface area contributed by atoms with E-state index >= 15 is 0 Å². The highest BCUT2D eigenvalue weighted by Crippen LogP contribution is 2.56. The van der Waals surface area contributed by atoms with Crippen LogP contribution in [0.2, 0.25) is 0 Å². The Morgan fingerprint density at radius 1 is 1.24 bits per heavy atom. The molecule has 0 saturated carbocycles. The van der Waals surface area contributed by atoms with Crippen LogP contribution in [0.4, 0.5) is 11.4 Å². The minimum atomic E-state index is -1.26. The van der Waals surface area contributed by atoms with E-state index in [0.29, 0.717) is 34.0 Å². The molecule has 0 radical (unpaired) electrons. The predicted octanol–water partition coefficient (Wildman–Crippen LogP) is 4.04. The summed E-state index contributed by atoms with van der Waals surface area (Å²) in [6, 6.07) is 15.2. The molecule has 9 heteroatoms. The van der Waals surface area contributed by atoms with Crippen LogP contribution in [0.25, 0.3) is 0 Å². The van der Waals surface area contributed by atoms with Gasteiger partial charge < -0.3 is 10.1 Å². The molecule has 0 bridgehead atoms. The lowest BCUT2D eigenvalue weighted by atomic mass is 9.71. The number of likely N-dealkylation sites (tertiary alicyclic amines) is 1. The van der Waals surface area contributed by atoms with Gasteiger partial charge in [0.2, 0.25) is 5.91 Å². The number of anilines is 1. The number of hydrogen-bond donors (Lipinski definition) is 1. The van der Waals surface area contributed by atoms with Crippen molar-refractivity contribution in [3.8, 4) is 5.75 Å². The summed E-state index contributed by atoms with van der Waals surface area (Å²) < 4.78 is 5.42. The molecule has 8 nitrogen and oxygen atoms in total. The van der Waals surface area contributed by atoms with Crippen molar-refractivity contribution in [3.05, 3.63) is 86.1 Å². The number of nitrogens with zero attached hydrogens (tertiary/aromatic N) is 2. The highest BCUT2D eigenvalue weighted by Gasteiger charge is 2.64. The second-order valence-electron chi connectivity index (χ2n) is 8.29. The van der Waals surface area contributed by atoms with Crippen LogP contribution in [-0.4, -0.2) is 42.2 Å². The Bertz CT molecular complexity index is 1270. The molecule has 2 aliphatic rings. The van der Waals surface area contributed by atoms with Gasteiger partial charge >= 0.3 is 0 Å². The van der Waals surface area contributed by atoms with Gasteiger partial charge in [0.1, 0.15) is 11.3 Å². The average Bonchev–Trinajstić information content (AvgIpc) is 3.52. The van der Waals surface area contributed by atoms with Gasteiger partial charge in [-0.2, -0.15) is 0 Å². The van der Waals surface area contributed by atoms with Crippen molar-refractivity contribution in [2.24, 2.45) is 5.92 Å². The highest BCUT2D eigenvalue weighted by molar-refractivity contribution is 7.12. The topological polar surface area (TPSA) is 102 Å². The van der Waals surface area contributed by atoms with E-state index in [1.165, 1.54) is 23.5 Å². The van der Waals surface area contributed by atoms with E-state index in [1.54, 1.807) is 49.6 Å². The molecule has 33 heavy (non-hydrogen) atoms. The molecule has 1 saturated heterocycles. The molecular weight excluding hydrogens is 442 g/mol. The van der Waals surface area contributed by atoms with Gasteiger partial charge in [0.05, 0.1) is 22.8 Å². The second-order valence-corrected chi connectivity index (χ2v) is 9.24. The van der Waals surface area contributed by atoms with E-state index in [9.17, 15) is 19.7 Å². The van der Waals surface area contributed by atoms with Crippen molar-refractivity contribution in [1.82, 2.24) is 4.90 Å². The minimum absolute atomic E-state index is 0.0450. The molecule has 1 fully saturated rings. The van der Waals surface area contributed by atoms with Crippen LogP contribution in [0.15, 0.2) is 60.0 Å². The number of hydrogen-bond acceptors (Lipinski definition) is 7. The summed E-state index contributed by atoms with van der Waals surface area (Å²) in [5, 5.41) is 16.2.